The number of aromatic nitrogens is 1. The number of benzene rings is 2. The predicted octanol–water partition coefficient (Wildman–Crippen LogP) is 5.89. The Morgan fingerprint density at radius 1 is 1.00 bits per heavy atom. The Morgan fingerprint density at radius 3 is 2.52 bits per heavy atom. The molecule has 0 unspecified atom stereocenters. The number of hydrogen-bond acceptors (Lipinski definition) is 3. The Labute approximate surface area is 171 Å². The molecule has 3 nitrogen and oxygen atoms in total. The zero-order chi connectivity index (χ0) is 18.6. The Hall–Kier alpha value is -2.64. The van der Waals surface area contributed by atoms with Gasteiger partial charge in [0.25, 0.3) is 0 Å². The first-order valence-corrected chi connectivity index (χ1v) is 10.9. The van der Waals surface area contributed by atoms with Gasteiger partial charge in [-0.15, -0.1) is 0 Å². The van der Waals surface area contributed by atoms with E-state index in [1.807, 2.05) is 66.7 Å². The average molecular weight is 480 g/mol. The van der Waals surface area contributed by atoms with Gasteiger partial charge in [0.15, 0.2) is 0 Å². The van der Waals surface area contributed by atoms with Gasteiger partial charge in [0, 0.05) is 0 Å². The van der Waals surface area contributed by atoms with Crippen LogP contribution in [0.3, 0.4) is 0 Å². The summed E-state index contributed by atoms with van der Waals surface area (Å²) in [7, 11) is 0. The van der Waals surface area contributed by atoms with Gasteiger partial charge in [0.2, 0.25) is 0 Å². The molecular weight excluding hydrogens is 467 g/mol. The first-order chi connectivity index (χ1) is 13.2. The molecule has 2 aromatic carbocycles. The second-order valence-electron chi connectivity index (χ2n) is 5.78. The van der Waals surface area contributed by atoms with Crippen LogP contribution in [-0.4, -0.2) is 19.5 Å². The summed E-state index contributed by atoms with van der Waals surface area (Å²) in [6.07, 6.45) is 1.77. The van der Waals surface area contributed by atoms with E-state index in [0.717, 1.165) is 31.6 Å². The van der Waals surface area contributed by atoms with Gasteiger partial charge in [0.05, 0.1) is 0 Å². The molecule has 0 aliphatic rings. The quantitative estimate of drug-likeness (QED) is 0.270. The number of nitrogens with zero attached hydrogens (tertiary/aromatic N) is 2. The van der Waals surface area contributed by atoms with Crippen molar-refractivity contribution in [2.45, 2.75) is 0 Å². The van der Waals surface area contributed by atoms with Crippen LogP contribution in [-0.2, 0) is 0 Å². The summed E-state index contributed by atoms with van der Waals surface area (Å²) in [6, 6.07) is 24.0. The van der Waals surface area contributed by atoms with Crippen molar-refractivity contribution in [3.8, 4) is 28.7 Å². The van der Waals surface area contributed by atoms with Crippen LogP contribution in [0.15, 0.2) is 80.6 Å². The summed E-state index contributed by atoms with van der Waals surface area (Å²) in [4.78, 5) is 6.78. The number of rotatable bonds is 4. The molecule has 0 spiro atoms. The summed E-state index contributed by atoms with van der Waals surface area (Å²) in [5.74, 6) is 1.44. The maximum absolute atomic E-state index is 9.60. The zero-order valence-electron chi connectivity index (χ0n) is 14.1. The molecule has 4 rings (SSSR count). The van der Waals surface area contributed by atoms with Gasteiger partial charge in [-0.3, -0.25) is 0 Å². The molecule has 0 radical (unpaired) electrons. The topological polar surface area (TPSA) is 49.8 Å². The van der Waals surface area contributed by atoms with E-state index in [2.05, 4.69) is 31.9 Å². The minimum atomic E-state index is 0.0266. The van der Waals surface area contributed by atoms with Crippen molar-refractivity contribution in [1.82, 2.24) is 4.98 Å². The van der Waals surface area contributed by atoms with E-state index in [9.17, 15) is 5.26 Å². The van der Waals surface area contributed by atoms with Crippen molar-refractivity contribution in [3.63, 3.8) is 0 Å². The Bertz CT molecular complexity index is 1140. The number of allylic oxidation sites excluding steroid dienone is 1. The monoisotopic (exact) mass is 480 g/mol. The molecule has 0 saturated heterocycles. The van der Waals surface area contributed by atoms with E-state index in [-0.39, 0.29) is 14.5 Å². The maximum atomic E-state index is 9.60. The van der Waals surface area contributed by atoms with Crippen molar-refractivity contribution in [1.29, 1.82) is 5.26 Å². The number of halogens is 1. The molecule has 0 aliphatic heterocycles. The minimum absolute atomic E-state index is 0.0266. The third kappa shape index (κ3) is 4.04. The molecule has 4 aromatic rings. The van der Waals surface area contributed by atoms with Gasteiger partial charge in [-0.25, -0.2) is 0 Å². The van der Waals surface area contributed by atoms with Crippen molar-refractivity contribution in [2.75, 3.05) is 0 Å². The van der Waals surface area contributed by atoms with Crippen LogP contribution >= 0.6 is 15.9 Å². The fourth-order valence-electron chi connectivity index (χ4n) is 2.62. The van der Waals surface area contributed by atoms with E-state index in [1.54, 1.807) is 6.08 Å². The van der Waals surface area contributed by atoms with Crippen LogP contribution in [0.5, 0.6) is 0 Å². The molecule has 5 heteroatoms. The van der Waals surface area contributed by atoms with Crippen molar-refractivity contribution >= 4 is 42.1 Å². The van der Waals surface area contributed by atoms with Crippen LogP contribution in [0, 0.1) is 11.3 Å². The van der Waals surface area contributed by atoms with Gasteiger partial charge in [-0.05, 0) is 0 Å². The molecule has 2 aromatic heterocycles. The van der Waals surface area contributed by atoms with E-state index in [0.29, 0.717) is 11.3 Å². The normalized spacial score (nSPS) is 11.3. The first-order valence-electron chi connectivity index (χ1n) is 8.22. The van der Waals surface area contributed by atoms with E-state index in [4.69, 9.17) is 4.42 Å². The summed E-state index contributed by atoms with van der Waals surface area (Å²) in [5.41, 5.74) is 3.53. The van der Waals surface area contributed by atoms with Crippen LogP contribution in [0.4, 0.5) is 0 Å². The van der Waals surface area contributed by atoms with Gasteiger partial charge < -0.3 is 0 Å². The molecule has 0 atom stereocenters. The Kier molecular flexibility index (Phi) is 5.22. The number of furan rings is 1. The molecule has 27 heavy (non-hydrogen) atoms. The van der Waals surface area contributed by atoms with Crippen LogP contribution < -0.4 is 0 Å². The summed E-state index contributed by atoms with van der Waals surface area (Å²) < 4.78 is 7.74. The molecule has 0 aliphatic carbocycles. The van der Waals surface area contributed by atoms with Crippen molar-refractivity contribution < 1.29 is 4.42 Å². The molecule has 130 valence electrons. The van der Waals surface area contributed by atoms with Gasteiger partial charge >= 0.3 is 172 Å². The molecule has 2 heterocycles. The Balaban J connectivity index is 1.62. The second-order valence-corrected chi connectivity index (χ2v) is 8.50. The summed E-state index contributed by atoms with van der Waals surface area (Å²) >= 11 is 3.47. The molecular formula is C22H13BrN2OSe. The zero-order valence-corrected chi connectivity index (χ0v) is 17.4. The van der Waals surface area contributed by atoms with Crippen LogP contribution in [0.1, 0.15) is 10.3 Å². The summed E-state index contributed by atoms with van der Waals surface area (Å²) in [5, 5.41) is 9.60. The first kappa shape index (κ1) is 17.8. The van der Waals surface area contributed by atoms with Crippen LogP contribution in [0.2, 0.25) is 0 Å². The number of hydrogen-bond donors (Lipinski definition) is 0. The molecule has 0 saturated carbocycles. The second kappa shape index (κ2) is 7.94. The van der Waals surface area contributed by atoms with Gasteiger partial charge in [-0.1, -0.05) is 0 Å². The SMILES string of the molecule is N#C/C(=C\c1ccc(-c2ccccc2)o1)c1nc(-c2ccc(Br)cc2)c[se]1. The molecule has 0 bridgehead atoms. The fourth-order valence-corrected chi connectivity index (χ4v) is 4.55. The fraction of sp³-hybridized carbons (Fsp3) is 0. The van der Waals surface area contributed by atoms with E-state index >= 15 is 0 Å². The molecule has 0 fully saturated rings. The average Bonchev–Trinajstić information content (AvgIpc) is 3.37. The van der Waals surface area contributed by atoms with Crippen LogP contribution in [0.25, 0.3) is 34.2 Å². The third-order valence-electron chi connectivity index (χ3n) is 3.97. The van der Waals surface area contributed by atoms with Gasteiger partial charge in [-0.2, -0.15) is 0 Å². The predicted molar refractivity (Wildman–Crippen MR) is 112 cm³/mol. The summed E-state index contributed by atoms with van der Waals surface area (Å²) in [6.45, 7) is 0. The van der Waals surface area contributed by atoms with Crippen molar-refractivity contribution in [3.05, 3.63) is 86.5 Å². The van der Waals surface area contributed by atoms with Crippen molar-refractivity contribution in [2.24, 2.45) is 0 Å². The standard InChI is InChI=1S/C22H13BrN2OSe/c23-18-8-6-15(7-9-18)20-14-27-22(25-20)17(13-24)12-19-10-11-21(26-19)16-4-2-1-3-5-16/h1-12,14H/b17-12+. The Morgan fingerprint density at radius 2 is 1.78 bits per heavy atom. The molecule has 0 N–H and O–H groups in total. The van der Waals surface area contributed by atoms with E-state index < -0.39 is 0 Å². The van der Waals surface area contributed by atoms with Gasteiger partial charge in [0.1, 0.15) is 0 Å². The number of nitriles is 1. The molecule has 0 amide bonds. The van der Waals surface area contributed by atoms with E-state index in [1.165, 1.54) is 0 Å². The third-order valence-corrected chi connectivity index (χ3v) is 6.33.